The van der Waals surface area contributed by atoms with Crippen LogP contribution >= 0.6 is 0 Å². The van der Waals surface area contributed by atoms with E-state index in [0.29, 0.717) is 0 Å². The molecule has 1 atom stereocenters. The van der Waals surface area contributed by atoms with Crippen LogP contribution in [0.25, 0.3) is 0 Å². The maximum absolute atomic E-state index is 12.8. The lowest BCUT2D eigenvalue weighted by atomic mass is 10.2. The molecule has 0 aromatic carbocycles. The fourth-order valence-electron chi connectivity index (χ4n) is 1.66. The third-order valence-electron chi connectivity index (χ3n) is 2.63. The molecule has 20 heavy (non-hydrogen) atoms. The van der Waals surface area contributed by atoms with E-state index in [9.17, 15) is 18.3 Å². The van der Waals surface area contributed by atoms with Crippen LogP contribution in [0.3, 0.4) is 0 Å². The van der Waals surface area contributed by atoms with Crippen LogP contribution in [-0.2, 0) is 10.9 Å². The third kappa shape index (κ3) is 4.53. The lowest BCUT2D eigenvalue weighted by Gasteiger charge is -2.23. The largest absolute Gasteiger partial charge is 0.416 e. The maximum Gasteiger partial charge on any atom is 0.416 e. The van der Waals surface area contributed by atoms with Crippen LogP contribution in [0.1, 0.15) is 5.56 Å². The number of hydrogen-bond donors (Lipinski definition) is 2. The third-order valence-corrected chi connectivity index (χ3v) is 2.63. The highest BCUT2D eigenvalue weighted by atomic mass is 19.4. The normalized spacial score (nSPS) is 13.2. The van der Waals surface area contributed by atoms with Crippen molar-refractivity contribution in [1.82, 2.24) is 4.98 Å². The van der Waals surface area contributed by atoms with E-state index in [1.54, 1.807) is 7.05 Å². The topological polar surface area (TPSA) is 57.6 Å². The number of likely N-dealkylation sites (N-methyl/N-ethyl adjacent to an activating group) is 1. The van der Waals surface area contributed by atoms with Gasteiger partial charge in [0.05, 0.1) is 18.3 Å². The van der Waals surface area contributed by atoms with Gasteiger partial charge in [0, 0.05) is 27.7 Å². The van der Waals surface area contributed by atoms with Crippen LogP contribution in [0.15, 0.2) is 12.1 Å². The summed E-state index contributed by atoms with van der Waals surface area (Å²) in [7, 11) is 4.48. The first-order valence-electron chi connectivity index (χ1n) is 5.93. The van der Waals surface area contributed by atoms with Crippen molar-refractivity contribution in [2.45, 2.75) is 12.3 Å². The van der Waals surface area contributed by atoms with Gasteiger partial charge in [-0.05, 0) is 12.1 Å². The molecular formula is C12H18F3N3O2. The summed E-state index contributed by atoms with van der Waals surface area (Å²) in [5.74, 6) is 0.238. The fraction of sp³-hybridized carbons (Fsp3) is 0.583. The number of nitrogens with one attached hydrogen (secondary N) is 1. The van der Waals surface area contributed by atoms with Crippen molar-refractivity contribution >= 4 is 11.6 Å². The highest BCUT2D eigenvalue weighted by Gasteiger charge is 2.32. The van der Waals surface area contributed by atoms with Crippen molar-refractivity contribution in [2.75, 3.05) is 44.6 Å². The number of aromatic nitrogens is 1. The van der Waals surface area contributed by atoms with Crippen molar-refractivity contribution in [3.05, 3.63) is 17.7 Å². The minimum atomic E-state index is -4.45. The van der Waals surface area contributed by atoms with E-state index in [1.165, 1.54) is 19.1 Å². The Morgan fingerprint density at radius 2 is 2.10 bits per heavy atom. The predicted molar refractivity (Wildman–Crippen MR) is 69.9 cm³/mol. The van der Waals surface area contributed by atoms with E-state index in [-0.39, 0.29) is 24.8 Å². The Kier molecular flexibility index (Phi) is 5.58. The first-order chi connectivity index (χ1) is 9.27. The molecule has 114 valence electrons. The van der Waals surface area contributed by atoms with Crippen molar-refractivity contribution in [1.29, 1.82) is 0 Å². The Morgan fingerprint density at radius 3 is 2.60 bits per heavy atom. The molecule has 0 bridgehead atoms. The molecule has 8 heteroatoms. The maximum atomic E-state index is 12.8. The van der Waals surface area contributed by atoms with Gasteiger partial charge in [0.15, 0.2) is 0 Å². The van der Waals surface area contributed by atoms with Crippen LogP contribution in [0.5, 0.6) is 0 Å². The molecule has 0 saturated carbocycles. The number of halogens is 3. The Bertz CT molecular complexity index is 440. The van der Waals surface area contributed by atoms with Gasteiger partial charge in [-0.1, -0.05) is 0 Å². The van der Waals surface area contributed by atoms with Crippen LogP contribution in [0, 0.1) is 0 Å². The zero-order valence-electron chi connectivity index (χ0n) is 11.5. The summed E-state index contributed by atoms with van der Waals surface area (Å²) in [6.45, 7) is 0.216. The molecular weight excluding hydrogens is 275 g/mol. The molecule has 0 aliphatic rings. The molecule has 1 heterocycles. The van der Waals surface area contributed by atoms with Crippen molar-refractivity contribution in [3.63, 3.8) is 0 Å². The molecule has 2 N–H and O–H groups in total. The molecule has 0 radical (unpaired) electrons. The lowest BCUT2D eigenvalue weighted by Crippen LogP contribution is -2.32. The number of pyridine rings is 1. The molecule has 0 spiro atoms. The summed E-state index contributed by atoms with van der Waals surface area (Å²) in [5.41, 5.74) is -0.792. The smallest absolute Gasteiger partial charge is 0.389 e. The molecule has 5 nitrogen and oxygen atoms in total. The number of alkyl halides is 3. The minimum Gasteiger partial charge on any atom is -0.389 e. The van der Waals surface area contributed by atoms with Crippen LogP contribution < -0.4 is 10.2 Å². The highest BCUT2D eigenvalue weighted by molar-refractivity contribution is 5.50. The molecule has 1 rings (SSSR count). The zero-order valence-corrected chi connectivity index (χ0v) is 11.5. The van der Waals surface area contributed by atoms with Gasteiger partial charge in [-0.15, -0.1) is 0 Å². The monoisotopic (exact) mass is 293 g/mol. The number of hydrogen-bond acceptors (Lipinski definition) is 5. The predicted octanol–water partition coefficient (Wildman–Crippen LogP) is 1.59. The van der Waals surface area contributed by atoms with E-state index in [0.717, 1.165) is 12.1 Å². The first kappa shape index (κ1) is 16.5. The molecule has 1 aromatic rings. The highest BCUT2D eigenvalue weighted by Crippen LogP contribution is 2.32. The Labute approximate surface area is 115 Å². The molecule has 0 fully saturated rings. The second-order valence-electron chi connectivity index (χ2n) is 4.34. The summed E-state index contributed by atoms with van der Waals surface area (Å²) in [5, 5.41) is 12.2. The molecule has 0 aliphatic heterocycles. The van der Waals surface area contributed by atoms with E-state index in [1.807, 2.05) is 0 Å². The second kappa shape index (κ2) is 6.76. The zero-order chi connectivity index (χ0) is 15.3. The number of rotatable bonds is 6. The SMILES string of the molecule is CNc1cc(C(F)(F)F)cc(N(C)CC(O)COC)n1. The Balaban J connectivity index is 2.99. The molecule has 1 aromatic heterocycles. The Hall–Kier alpha value is -1.54. The summed E-state index contributed by atoms with van der Waals surface area (Å²) in [6, 6.07) is 1.88. The van der Waals surface area contributed by atoms with Gasteiger partial charge in [0.1, 0.15) is 11.6 Å². The number of aliphatic hydroxyl groups is 1. The van der Waals surface area contributed by atoms with Gasteiger partial charge in [0.2, 0.25) is 0 Å². The van der Waals surface area contributed by atoms with Gasteiger partial charge < -0.3 is 20.1 Å². The summed E-state index contributed by atoms with van der Waals surface area (Å²) in [4.78, 5) is 5.49. The number of ether oxygens (including phenoxy) is 1. The number of aliphatic hydroxyl groups excluding tert-OH is 1. The standard InChI is InChI=1S/C12H18F3N3O2/c1-16-10-4-8(12(13,14)15)5-11(17-10)18(2)6-9(19)7-20-3/h4-5,9,19H,6-7H2,1-3H3,(H,16,17). The summed E-state index contributed by atoms with van der Waals surface area (Å²) < 4.78 is 43.1. The van der Waals surface area contributed by atoms with Gasteiger partial charge in [-0.25, -0.2) is 4.98 Å². The van der Waals surface area contributed by atoms with Gasteiger partial charge in [-0.2, -0.15) is 13.2 Å². The van der Waals surface area contributed by atoms with E-state index in [4.69, 9.17) is 4.74 Å². The van der Waals surface area contributed by atoms with Crippen LogP contribution in [-0.4, -0.2) is 50.6 Å². The summed E-state index contributed by atoms with van der Waals surface area (Å²) >= 11 is 0. The average molecular weight is 293 g/mol. The van der Waals surface area contributed by atoms with Crippen molar-refractivity contribution < 1.29 is 23.0 Å². The van der Waals surface area contributed by atoms with Gasteiger partial charge in [-0.3, -0.25) is 0 Å². The molecule has 0 aliphatic carbocycles. The van der Waals surface area contributed by atoms with Gasteiger partial charge >= 0.3 is 6.18 Å². The van der Waals surface area contributed by atoms with Crippen molar-refractivity contribution in [3.8, 4) is 0 Å². The number of nitrogens with zero attached hydrogens (tertiary/aromatic N) is 2. The van der Waals surface area contributed by atoms with E-state index < -0.39 is 17.8 Å². The van der Waals surface area contributed by atoms with Crippen LogP contribution in [0.2, 0.25) is 0 Å². The summed E-state index contributed by atoms with van der Waals surface area (Å²) in [6.07, 6.45) is -5.26. The van der Waals surface area contributed by atoms with E-state index >= 15 is 0 Å². The first-order valence-corrected chi connectivity index (χ1v) is 5.93. The van der Waals surface area contributed by atoms with Crippen LogP contribution in [0.4, 0.5) is 24.8 Å². The number of anilines is 2. The molecule has 0 amide bonds. The molecule has 0 saturated heterocycles. The second-order valence-corrected chi connectivity index (χ2v) is 4.34. The number of methoxy groups -OCH3 is 1. The minimum absolute atomic E-state index is 0.0994. The fourth-order valence-corrected chi connectivity index (χ4v) is 1.66. The van der Waals surface area contributed by atoms with Crippen molar-refractivity contribution in [2.24, 2.45) is 0 Å². The van der Waals surface area contributed by atoms with Gasteiger partial charge in [0.25, 0.3) is 0 Å². The van der Waals surface area contributed by atoms with E-state index in [2.05, 4.69) is 10.3 Å². The lowest BCUT2D eigenvalue weighted by molar-refractivity contribution is -0.137. The average Bonchev–Trinajstić information content (AvgIpc) is 2.37. The quantitative estimate of drug-likeness (QED) is 0.834. The Morgan fingerprint density at radius 1 is 1.45 bits per heavy atom. The molecule has 1 unspecified atom stereocenters.